The number of hydrogen-bond donors (Lipinski definition) is 0. The van der Waals surface area contributed by atoms with Gasteiger partial charge in [0.2, 0.25) is 0 Å². The van der Waals surface area contributed by atoms with Gasteiger partial charge in [-0.3, -0.25) is 9.59 Å². The monoisotopic (exact) mass is 282 g/mol. The summed E-state index contributed by atoms with van der Waals surface area (Å²) in [7, 11) is 0. The molecular formula is C16H26O4. The van der Waals surface area contributed by atoms with Crippen molar-refractivity contribution in [3.05, 3.63) is 12.2 Å². The second-order valence-corrected chi connectivity index (χ2v) is 6.49. The number of hydrogen-bond acceptors (Lipinski definition) is 4. The zero-order chi connectivity index (χ0) is 15.7. The average molecular weight is 282 g/mol. The van der Waals surface area contributed by atoms with Crippen LogP contribution in [0.15, 0.2) is 12.2 Å². The quantitative estimate of drug-likeness (QED) is 0.589. The lowest BCUT2D eigenvalue weighted by atomic mass is 9.60. The van der Waals surface area contributed by atoms with Gasteiger partial charge in [0.15, 0.2) is 0 Å². The van der Waals surface area contributed by atoms with Crippen LogP contribution >= 0.6 is 0 Å². The van der Waals surface area contributed by atoms with Crippen LogP contribution in [-0.4, -0.2) is 24.1 Å². The molecule has 0 aromatic heterocycles. The molecule has 0 aromatic carbocycles. The highest BCUT2D eigenvalue weighted by Gasteiger charge is 2.51. The fraction of sp³-hybridized carbons (Fsp3) is 0.750. The highest BCUT2D eigenvalue weighted by atomic mass is 16.6. The summed E-state index contributed by atoms with van der Waals surface area (Å²) in [6.07, 6.45) is 0.187. The van der Waals surface area contributed by atoms with Crippen LogP contribution in [0.1, 0.15) is 48.0 Å². The Labute approximate surface area is 121 Å². The summed E-state index contributed by atoms with van der Waals surface area (Å²) in [5, 5.41) is 0. The van der Waals surface area contributed by atoms with Crippen molar-refractivity contribution in [3.63, 3.8) is 0 Å². The second-order valence-electron chi connectivity index (χ2n) is 6.49. The Kier molecular flexibility index (Phi) is 5.00. The number of ether oxygens (including phenoxy) is 2. The van der Waals surface area contributed by atoms with Crippen LogP contribution in [0.4, 0.5) is 0 Å². The molecule has 114 valence electrons. The standard InChI is InChI=1S/C16H26O4/c1-9(2)13-8-14(19-11(4)17)10(3)15(16(13,6)7)20-12(5)18/h10,13-15H,1,8H2,2-7H3/t10-,13-,14+,15-/m0/s1. The lowest BCUT2D eigenvalue weighted by Crippen LogP contribution is -2.53. The van der Waals surface area contributed by atoms with Gasteiger partial charge in [-0.2, -0.15) is 0 Å². The van der Waals surface area contributed by atoms with E-state index in [-0.39, 0.29) is 41.4 Å². The van der Waals surface area contributed by atoms with Gasteiger partial charge in [-0.25, -0.2) is 0 Å². The van der Waals surface area contributed by atoms with E-state index < -0.39 is 0 Å². The molecule has 4 atom stereocenters. The van der Waals surface area contributed by atoms with Crippen LogP contribution in [0.5, 0.6) is 0 Å². The van der Waals surface area contributed by atoms with E-state index in [0.717, 1.165) is 12.0 Å². The summed E-state index contributed by atoms with van der Waals surface area (Å²) < 4.78 is 11.0. The molecule has 0 aromatic rings. The maximum Gasteiger partial charge on any atom is 0.302 e. The SMILES string of the molecule is C=C(C)[C@@H]1C[C@@H](OC(C)=O)[C@H](C)[C@H](OC(C)=O)C1(C)C. The first-order chi connectivity index (χ1) is 9.07. The van der Waals surface area contributed by atoms with Gasteiger partial charge in [0.25, 0.3) is 0 Å². The van der Waals surface area contributed by atoms with E-state index in [2.05, 4.69) is 20.4 Å². The fourth-order valence-electron chi connectivity index (χ4n) is 3.46. The minimum Gasteiger partial charge on any atom is -0.462 e. The summed E-state index contributed by atoms with van der Waals surface area (Å²) in [5.41, 5.74) is 0.796. The molecule has 1 fully saturated rings. The molecule has 0 bridgehead atoms. The van der Waals surface area contributed by atoms with E-state index in [1.807, 2.05) is 13.8 Å². The maximum absolute atomic E-state index is 11.4. The van der Waals surface area contributed by atoms with Crippen molar-refractivity contribution < 1.29 is 19.1 Å². The molecule has 0 saturated heterocycles. The van der Waals surface area contributed by atoms with E-state index in [1.54, 1.807) is 0 Å². The van der Waals surface area contributed by atoms with E-state index in [9.17, 15) is 9.59 Å². The molecule has 0 aliphatic heterocycles. The molecule has 4 heteroatoms. The summed E-state index contributed by atoms with van der Waals surface area (Å²) in [6.45, 7) is 15.0. The van der Waals surface area contributed by atoms with Crippen molar-refractivity contribution >= 4 is 11.9 Å². The van der Waals surface area contributed by atoms with Gasteiger partial charge >= 0.3 is 11.9 Å². The molecule has 1 aliphatic rings. The minimum atomic E-state index is -0.307. The highest BCUT2D eigenvalue weighted by Crippen LogP contribution is 2.48. The zero-order valence-corrected chi connectivity index (χ0v) is 13.4. The molecule has 0 unspecified atom stereocenters. The third-order valence-electron chi connectivity index (χ3n) is 4.37. The molecule has 0 radical (unpaired) electrons. The highest BCUT2D eigenvalue weighted by molar-refractivity contribution is 5.67. The maximum atomic E-state index is 11.4. The average Bonchev–Trinajstić information content (AvgIpc) is 2.27. The number of rotatable bonds is 3. The topological polar surface area (TPSA) is 52.6 Å². The van der Waals surface area contributed by atoms with Gasteiger partial charge in [0, 0.05) is 25.2 Å². The van der Waals surface area contributed by atoms with E-state index in [4.69, 9.17) is 9.47 Å². The van der Waals surface area contributed by atoms with Crippen molar-refractivity contribution in [2.45, 2.75) is 60.2 Å². The van der Waals surface area contributed by atoms with Crippen molar-refractivity contribution in [3.8, 4) is 0 Å². The van der Waals surface area contributed by atoms with Gasteiger partial charge in [-0.15, -0.1) is 0 Å². The normalized spacial score (nSPS) is 32.3. The summed E-state index contributed by atoms with van der Waals surface area (Å²) in [4.78, 5) is 22.7. The third-order valence-corrected chi connectivity index (χ3v) is 4.37. The fourth-order valence-corrected chi connectivity index (χ4v) is 3.46. The minimum absolute atomic E-state index is 0.0339. The first kappa shape index (κ1) is 16.7. The van der Waals surface area contributed by atoms with Crippen LogP contribution in [0.2, 0.25) is 0 Å². The smallest absolute Gasteiger partial charge is 0.302 e. The Morgan fingerprint density at radius 2 is 1.60 bits per heavy atom. The molecule has 1 aliphatic carbocycles. The predicted molar refractivity (Wildman–Crippen MR) is 77.0 cm³/mol. The van der Waals surface area contributed by atoms with Gasteiger partial charge in [0.05, 0.1) is 0 Å². The molecule has 20 heavy (non-hydrogen) atoms. The first-order valence-corrected chi connectivity index (χ1v) is 7.07. The summed E-state index contributed by atoms with van der Waals surface area (Å²) in [6, 6.07) is 0. The Morgan fingerprint density at radius 3 is 2.00 bits per heavy atom. The van der Waals surface area contributed by atoms with Crippen molar-refractivity contribution in [1.82, 2.24) is 0 Å². The molecule has 0 amide bonds. The van der Waals surface area contributed by atoms with Crippen LogP contribution < -0.4 is 0 Å². The van der Waals surface area contributed by atoms with E-state index in [0.29, 0.717) is 0 Å². The number of esters is 2. The molecule has 0 heterocycles. The Bertz CT molecular complexity index is 411. The first-order valence-electron chi connectivity index (χ1n) is 7.07. The van der Waals surface area contributed by atoms with Gasteiger partial charge < -0.3 is 9.47 Å². The second kappa shape index (κ2) is 5.98. The lowest BCUT2D eigenvalue weighted by molar-refractivity contribution is -0.182. The van der Waals surface area contributed by atoms with Gasteiger partial charge in [0.1, 0.15) is 12.2 Å². The van der Waals surface area contributed by atoms with E-state index in [1.165, 1.54) is 13.8 Å². The molecule has 0 spiro atoms. The van der Waals surface area contributed by atoms with Crippen LogP contribution in [0.3, 0.4) is 0 Å². The van der Waals surface area contributed by atoms with Gasteiger partial charge in [-0.1, -0.05) is 32.9 Å². The van der Waals surface area contributed by atoms with Crippen LogP contribution in [-0.2, 0) is 19.1 Å². The molecule has 1 saturated carbocycles. The van der Waals surface area contributed by atoms with E-state index >= 15 is 0 Å². The molecule has 0 N–H and O–H groups in total. The van der Waals surface area contributed by atoms with Crippen LogP contribution in [0, 0.1) is 17.3 Å². The lowest BCUT2D eigenvalue weighted by Gasteiger charge is -2.50. The number of carbonyl (C=O) groups is 2. The zero-order valence-electron chi connectivity index (χ0n) is 13.4. The molecule has 4 nitrogen and oxygen atoms in total. The molecule has 1 rings (SSSR count). The van der Waals surface area contributed by atoms with Crippen molar-refractivity contribution in [2.24, 2.45) is 17.3 Å². The number of carbonyl (C=O) groups excluding carboxylic acids is 2. The van der Waals surface area contributed by atoms with Crippen LogP contribution in [0.25, 0.3) is 0 Å². The van der Waals surface area contributed by atoms with Gasteiger partial charge in [-0.05, 0) is 19.3 Å². The Balaban J connectivity index is 3.11. The molecular weight excluding hydrogens is 256 g/mol. The van der Waals surface area contributed by atoms with Crippen molar-refractivity contribution in [2.75, 3.05) is 0 Å². The number of allylic oxidation sites excluding steroid dienone is 1. The Morgan fingerprint density at radius 1 is 1.10 bits per heavy atom. The summed E-state index contributed by atoms with van der Waals surface area (Å²) in [5.74, 6) is -0.497. The Hall–Kier alpha value is -1.32. The summed E-state index contributed by atoms with van der Waals surface area (Å²) >= 11 is 0. The van der Waals surface area contributed by atoms with Crippen molar-refractivity contribution in [1.29, 1.82) is 0 Å². The largest absolute Gasteiger partial charge is 0.462 e. The predicted octanol–water partition coefficient (Wildman–Crippen LogP) is 3.11. The third kappa shape index (κ3) is 3.41.